The number of aldehydes is 1. The highest BCUT2D eigenvalue weighted by atomic mass is 35.5. The Kier molecular flexibility index (Phi) is 22.6. The fourth-order valence-electron chi connectivity index (χ4n) is 8.41. The lowest BCUT2D eigenvalue weighted by molar-refractivity contribution is -0.126. The van der Waals surface area contributed by atoms with Gasteiger partial charge < -0.3 is 43.2 Å². The van der Waals surface area contributed by atoms with Gasteiger partial charge in [-0.1, -0.05) is 102 Å². The first-order valence-electron chi connectivity index (χ1n) is 23.8. The number of nitrogens with zero attached hydrogens (tertiary/aromatic N) is 3. The summed E-state index contributed by atoms with van der Waals surface area (Å²) in [5.74, 6) is 0. The molecule has 0 atom stereocenters. The maximum Gasteiger partial charge on any atom is 0.410 e. The van der Waals surface area contributed by atoms with Crippen molar-refractivity contribution in [3.05, 3.63) is 101 Å². The predicted octanol–water partition coefficient (Wildman–Crippen LogP) is 14.4. The molecule has 3 saturated heterocycles. The minimum absolute atomic E-state index is 0.0211. The second-order valence-electron chi connectivity index (χ2n) is 19.8. The van der Waals surface area contributed by atoms with E-state index in [9.17, 15) is 14.4 Å². The summed E-state index contributed by atoms with van der Waals surface area (Å²) in [5.41, 5.74) is 0.681. The number of amides is 2. The van der Waals surface area contributed by atoms with Crippen molar-refractivity contribution in [1.82, 2.24) is 14.7 Å². The smallest absolute Gasteiger partial charge is 0.410 e. The molecule has 2 amide bonds. The summed E-state index contributed by atoms with van der Waals surface area (Å²) >= 11 is 36.6. The molecule has 0 unspecified atom stereocenters. The van der Waals surface area contributed by atoms with Crippen LogP contribution in [0.4, 0.5) is 9.59 Å². The van der Waals surface area contributed by atoms with Crippen molar-refractivity contribution in [2.75, 3.05) is 66.1 Å². The fraction of sp³-hybridized carbons (Fsp3) is 0.596. The minimum atomic E-state index is -0.673. The summed E-state index contributed by atoms with van der Waals surface area (Å²) in [7, 11) is 2.15. The molecule has 6 rings (SSSR count). The van der Waals surface area contributed by atoms with Crippen molar-refractivity contribution in [3.63, 3.8) is 0 Å². The molecular weight excluding hydrogens is 1010 g/mol. The Morgan fingerprint density at radius 3 is 1.10 bits per heavy atom. The van der Waals surface area contributed by atoms with Gasteiger partial charge in [0, 0.05) is 52.5 Å². The maximum absolute atomic E-state index is 12.3. The summed E-state index contributed by atoms with van der Waals surface area (Å²) in [5, 5.41) is 3.15. The first-order chi connectivity index (χ1) is 32.4. The number of hydrogen-bond donors (Lipinski definition) is 0. The van der Waals surface area contributed by atoms with E-state index in [-0.39, 0.29) is 24.4 Å². The van der Waals surface area contributed by atoms with Crippen molar-refractivity contribution in [3.8, 4) is 0 Å². The highest BCUT2D eigenvalue weighted by Crippen LogP contribution is 2.42. The van der Waals surface area contributed by atoms with Crippen LogP contribution in [0.5, 0.6) is 0 Å². The second-order valence-corrected chi connectivity index (χ2v) is 22.2. The van der Waals surface area contributed by atoms with Gasteiger partial charge in [0.2, 0.25) is 0 Å². The first kappa shape index (κ1) is 59.0. The van der Waals surface area contributed by atoms with Crippen LogP contribution in [-0.2, 0) is 45.3 Å². The molecule has 0 bridgehead atoms. The molecule has 384 valence electrons. The highest BCUT2D eigenvalue weighted by Gasteiger charge is 2.42. The van der Waals surface area contributed by atoms with Gasteiger partial charge >= 0.3 is 12.2 Å². The van der Waals surface area contributed by atoms with Gasteiger partial charge in [-0.05, 0) is 153 Å². The molecule has 3 heterocycles. The van der Waals surface area contributed by atoms with Crippen LogP contribution < -0.4 is 0 Å². The Hall–Kier alpha value is -2.55. The van der Waals surface area contributed by atoms with Crippen molar-refractivity contribution in [2.24, 2.45) is 0 Å². The average molecular weight is 1080 g/mol. The maximum atomic E-state index is 12.3. The molecule has 11 nitrogen and oxygen atoms in total. The van der Waals surface area contributed by atoms with Gasteiger partial charge in [0.05, 0.1) is 46.9 Å². The molecule has 0 saturated carbocycles. The normalized spacial score (nSPS) is 18.0. The van der Waals surface area contributed by atoms with E-state index in [0.29, 0.717) is 88.6 Å². The zero-order valence-electron chi connectivity index (χ0n) is 41.7. The van der Waals surface area contributed by atoms with Gasteiger partial charge in [0.15, 0.2) is 0 Å². The van der Waals surface area contributed by atoms with Gasteiger partial charge in [-0.3, -0.25) is 0 Å². The van der Waals surface area contributed by atoms with Crippen LogP contribution >= 0.6 is 69.6 Å². The molecule has 3 aliphatic heterocycles. The number of piperidine rings is 3. The average Bonchev–Trinajstić information content (AvgIpc) is 3.30. The van der Waals surface area contributed by atoms with Crippen LogP contribution in [-0.4, -0.2) is 111 Å². The lowest BCUT2D eigenvalue weighted by atomic mass is 9.84. The fourth-order valence-corrected chi connectivity index (χ4v) is 9.30. The summed E-state index contributed by atoms with van der Waals surface area (Å²) in [6.07, 6.45) is 6.54. The summed E-state index contributed by atoms with van der Waals surface area (Å²) in [6.45, 7) is 21.0. The molecule has 69 heavy (non-hydrogen) atoms. The topological polar surface area (TPSA) is 107 Å². The quantitative estimate of drug-likeness (QED) is 0.164. The molecule has 0 spiro atoms. The van der Waals surface area contributed by atoms with Crippen LogP contribution in [0, 0.1) is 0 Å². The molecule has 3 fully saturated rings. The van der Waals surface area contributed by atoms with Gasteiger partial charge in [-0.2, -0.15) is 0 Å². The Morgan fingerprint density at radius 2 is 0.826 bits per heavy atom. The Balaban J connectivity index is 0.000000228. The summed E-state index contributed by atoms with van der Waals surface area (Å²) in [4.78, 5) is 41.1. The van der Waals surface area contributed by atoms with Crippen LogP contribution in [0.3, 0.4) is 0 Å². The van der Waals surface area contributed by atoms with Crippen molar-refractivity contribution in [1.29, 1.82) is 0 Å². The number of ether oxygens (including phenoxy) is 5. The van der Waals surface area contributed by atoms with E-state index in [4.69, 9.17) is 93.3 Å². The number of benzene rings is 3. The molecule has 0 N–H and O–H groups in total. The van der Waals surface area contributed by atoms with Crippen molar-refractivity contribution >= 4 is 88.1 Å². The number of carbonyl (C=O) groups excluding carboxylic acids is 3. The van der Waals surface area contributed by atoms with E-state index in [1.807, 2.05) is 71.9 Å². The highest BCUT2D eigenvalue weighted by molar-refractivity contribution is 6.43. The molecule has 0 aliphatic carbocycles. The Morgan fingerprint density at radius 1 is 0.522 bits per heavy atom. The number of carbonyl (C=O) groups is 3. The molecule has 17 heteroatoms. The van der Waals surface area contributed by atoms with Gasteiger partial charge in [-0.25, -0.2) is 9.59 Å². The molecule has 3 aliphatic rings. The van der Waals surface area contributed by atoms with Gasteiger partial charge in [0.1, 0.15) is 24.1 Å². The monoisotopic (exact) mass is 1080 g/mol. The van der Waals surface area contributed by atoms with E-state index in [1.165, 1.54) is 0 Å². The van der Waals surface area contributed by atoms with E-state index < -0.39 is 22.4 Å². The van der Waals surface area contributed by atoms with Crippen molar-refractivity contribution < 1.29 is 38.1 Å². The van der Waals surface area contributed by atoms with Crippen LogP contribution in [0.25, 0.3) is 0 Å². The van der Waals surface area contributed by atoms with Crippen molar-refractivity contribution in [2.45, 2.75) is 135 Å². The predicted molar refractivity (Wildman–Crippen MR) is 280 cm³/mol. The van der Waals surface area contributed by atoms with Crippen LogP contribution in [0.1, 0.15) is 123 Å². The van der Waals surface area contributed by atoms with E-state index >= 15 is 0 Å². The van der Waals surface area contributed by atoms with Gasteiger partial charge in [-0.15, -0.1) is 0 Å². The third-order valence-electron chi connectivity index (χ3n) is 12.2. The van der Waals surface area contributed by atoms with E-state index in [0.717, 1.165) is 68.4 Å². The molecule has 3 aromatic carbocycles. The summed E-state index contributed by atoms with van der Waals surface area (Å²) < 4.78 is 29.2. The number of rotatable bonds is 12. The Bertz CT molecular complexity index is 2140. The van der Waals surface area contributed by atoms with Gasteiger partial charge in [0.25, 0.3) is 0 Å². The molecule has 3 aromatic rings. The lowest BCUT2D eigenvalue weighted by Gasteiger charge is -2.42. The molecule has 0 radical (unpaired) electrons. The minimum Gasteiger partial charge on any atom is -0.444 e. The number of likely N-dealkylation sites (tertiary alicyclic amines) is 3. The third kappa shape index (κ3) is 17.3. The largest absolute Gasteiger partial charge is 0.444 e. The van der Waals surface area contributed by atoms with Crippen LogP contribution in [0.2, 0.25) is 30.1 Å². The SMILES string of the molecule is CC(C)(C)OC(=O)N1CCC(OCC=O)(c2ccc(Cl)c(Cl)c2)CC1.CCCOC1(c2ccc(Cl)c(Cl)c2)CCN(C(=O)OC(C)(C)C)CC1.CCCOC1(c2ccc(Cl)c(Cl)c2)CCN(C)CC1. The third-order valence-corrected chi connectivity index (χ3v) is 14.4. The van der Waals surface area contributed by atoms with E-state index in [2.05, 4.69) is 31.9 Å². The standard InChI is InChI=1S/C19H27Cl2NO3.C18H23Cl2NO4.C15H21Cl2NO/c1-5-12-24-19(14-6-7-15(20)16(21)13-14)8-10-22(11-9-19)17(23)25-18(2,3)4;1-17(2,3)25-16(23)21-8-6-18(7-9-21,24-11-10-22)13-4-5-14(19)15(20)12-13;1-3-10-19-15(6-8-18(2)9-7-15)12-4-5-13(16)14(17)11-12/h6-7,13H,5,8-12H2,1-4H3;4-5,10,12H,6-9,11H2,1-3H3;4-5,11H,3,6-10H2,1-2H3. The lowest BCUT2D eigenvalue weighted by Crippen LogP contribution is -2.48. The number of hydrogen-bond acceptors (Lipinski definition) is 9. The zero-order chi connectivity index (χ0) is 51.2. The molecule has 0 aromatic heterocycles. The molecular formula is C52H71Cl6N3O8. The summed E-state index contributed by atoms with van der Waals surface area (Å²) in [6, 6.07) is 16.9. The zero-order valence-corrected chi connectivity index (χ0v) is 46.2. The number of halogens is 6. The van der Waals surface area contributed by atoms with E-state index in [1.54, 1.807) is 28.0 Å². The Labute approximate surface area is 440 Å². The van der Waals surface area contributed by atoms with Crippen LogP contribution in [0.15, 0.2) is 54.6 Å². The first-order valence-corrected chi connectivity index (χ1v) is 26.0. The second kappa shape index (κ2) is 26.4.